The lowest BCUT2D eigenvalue weighted by atomic mass is 10.1. The number of hydrogen-bond acceptors (Lipinski definition) is 3. The van der Waals surface area contributed by atoms with Crippen molar-refractivity contribution in [2.24, 2.45) is 0 Å². The van der Waals surface area contributed by atoms with Gasteiger partial charge in [-0.15, -0.1) is 11.3 Å². The van der Waals surface area contributed by atoms with Crippen LogP contribution in [0.25, 0.3) is 0 Å². The molecule has 1 aromatic carbocycles. The van der Waals surface area contributed by atoms with Gasteiger partial charge in [-0.3, -0.25) is 9.69 Å². The fourth-order valence-corrected chi connectivity index (χ4v) is 3.67. The summed E-state index contributed by atoms with van der Waals surface area (Å²) in [5.41, 5.74) is 1.35. The number of piperazine rings is 1. The Hall–Kier alpha value is -1.65. The van der Waals surface area contributed by atoms with Crippen molar-refractivity contribution >= 4 is 17.2 Å². The lowest BCUT2D eigenvalue weighted by molar-refractivity contribution is -0.132. The normalized spacial score (nSPS) is 17.4. The van der Waals surface area contributed by atoms with Crippen LogP contribution in [0.5, 0.6) is 0 Å². The minimum absolute atomic E-state index is 0.259. The first-order valence-corrected chi connectivity index (χ1v) is 8.71. The molecule has 3 nitrogen and oxygen atoms in total. The van der Waals surface area contributed by atoms with Gasteiger partial charge >= 0.3 is 0 Å². The van der Waals surface area contributed by atoms with E-state index in [4.69, 9.17) is 0 Å². The molecule has 2 heterocycles. The van der Waals surface area contributed by atoms with Gasteiger partial charge in [0.25, 0.3) is 0 Å². The second kappa shape index (κ2) is 7.07. The highest BCUT2D eigenvalue weighted by Gasteiger charge is 2.24. The number of amides is 1. The summed E-state index contributed by atoms with van der Waals surface area (Å²) in [7, 11) is 0. The Morgan fingerprint density at radius 1 is 1.09 bits per heavy atom. The van der Waals surface area contributed by atoms with Gasteiger partial charge in [0.1, 0.15) is 0 Å². The van der Waals surface area contributed by atoms with Crippen molar-refractivity contribution in [3.05, 3.63) is 58.3 Å². The van der Waals surface area contributed by atoms with Crippen molar-refractivity contribution in [1.82, 2.24) is 9.80 Å². The van der Waals surface area contributed by atoms with Crippen LogP contribution < -0.4 is 0 Å². The fraction of sp³-hybridized carbons (Fsp3) is 0.389. The van der Waals surface area contributed by atoms with Gasteiger partial charge < -0.3 is 4.90 Å². The summed E-state index contributed by atoms with van der Waals surface area (Å²) >= 11 is 1.66. The van der Waals surface area contributed by atoms with E-state index in [1.807, 2.05) is 22.4 Å². The fourth-order valence-electron chi connectivity index (χ4n) is 2.98. The summed E-state index contributed by atoms with van der Waals surface area (Å²) in [4.78, 5) is 18.0. The Morgan fingerprint density at radius 3 is 2.45 bits per heavy atom. The van der Waals surface area contributed by atoms with Crippen molar-refractivity contribution in [3.63, 3.8) is 0 Å². The smallest absolute Gasteiger partial charge is 0.227 e. The average Bonchev–Trinajstić information content (AvgIpc) is 3.08. The van der Waals surface area contributed by atoms with Crippen LogP contribution in [0.2, 0.25) is 0 Å². The quantitative estimate of drug-likeness (QED) is 0.865. The SMILES string of the molecule is CC(c1ccccc1)N1CCN(C(=O)Cc2cccs2)CC1. The number of thiophene rings is 1. The van der Waals surface area contributed by atoms with E-state index < -0.39 is 0 Å². The van der Waals surface area contributed by atoms with Gasteiger partial charge in [-0.2, -0.15) is 0 Å². The topological polar surface area (TPSA) is 23.6 Å². The molecular formula is C18H22N2OS. The van der Waals surface area contributed by atoms with Gasteiger partial charge in [0, 0.05) is 37.1 Å². The van der Waals surface area contributed by atoms with Crippen LogP contribution in [-0.4, -0.2) is 41.9 Å². The number of rotatable bonds is 4. The third kappa shape index (κ3) is 3.57. The van der Waals surface area contributed by atoms with Crippen molar-refractivity contribution in [2.75, 3.05) is 26.2 Å². The highest BCUT2D eigenvalue weighted by Crippen LogP contribution is 2.21. The zero-order valence-corrected chi connectivity index (χ0v) is 13.8. The van der Waals surface area contributed by atoms with E-state index in [1.54, 1.807) is 11.3 Å². The summed E-state index contributed by atoms with van der Waals surface area (Å²) in [5.74, 6) is 0.259. The maximum absolute atomic E-state index is 12.3. The van der Waals surface area contributed by atoms with Crippen molar-refractivity contribution in [3.8, 4) is 0 Å². The average molecular weight is 314 g/mol. The lowest BCUT2D eigenvalue weighted by Gasteiger charge is -2.38. The van der Waals surface area contributed by atoms with E-state index in [-0.39, 0.29) is 5.91 Å². The molecule has 22 heavy (non-hydrogen) atoms. The summed E-state index contributed by atoms with van der Waals surface area (Å²) in [6.07, 6.45) is 0.548. The van der Waals surface area contributed by atoms with E-state index in [0.717, 1.165) is 31.1 Å². The molecule has 1 atom stereocenters. The maximum atomic E-state index is 12.3. The Labute approximate surface area is 136 Å². The third-order valence-corrected chi connectivity index (χ3v) is 5.28. The Bertz CT molecular complexity index is 589. The molecule has 1 aromatic heterocycles. The summed E-state index contributed by atoms with van der Waals surface area (Å²) in [6, 6.07) is 15.0. The summed E-state index contributed by atoms with van der Waals surface area (Å²) in [5, 5.41) is 2.03. The van der Waals surface area contributed by atoms with E-state index in [2.05, 4.69) is 42.2 Å². The lowest BCUT2D eigenvalue weighted by Crippen LogP contribution is -2.49. The molecular weight excluding hydrogens is 292 g/mol. The van der Waals surface area contributed by atoms with E-state index >= 15 is 0 Å². The predicted octanol–water partition coefficient (Wildman–Crippen LogP) is 3.20. The van der Waals surface area contributed by atoms with Gasteiger partial charge in [-0.25, -0.2) is 0 Å². The molecule has 0 radical (unpaired) electrons. The Morgan fingerprint density at radius 2 is 1.82 bits per heavy atom. The largest absolute Gasteiger partial charge is 0.340 e. The molecule has 0 N–H and O–H groups in total. The van der Waals surface area contributed by atoms with Gasteiger partial charge in [0.05, 0.1) is 6.42 Å². The van der Waals surface area contributed by atoms with Gasteiger partial charge in [0.15, 0.2) is 0 Å². The first kappa shape index (κ1) is 15.3. The highest BCUT2D eigenvalue weighted by atomic mass is 32.1. The molecule has 4 heteroatoms. The molecule has 0 spiro atoms. The van der Waals surface area contributed by atoms with Crippen molar-refractivity contribution < 1.29 is 4.79 Å². The van der Waals surface area contributed by atoms with Gasteiger partial charge in [-0.05, 0) is 23.9 Å². The monoisotopic (exact) mass is 314 g/mol. The molecule has 1 aliphatic heterocycles. The first-order chi connectivity index (χ1) is 10.7. The molecule has 116 valence electrons. The zero-order chi connectivity index (χ0) is 15.4. The Balaban J connectivity index is 1.53. The minimum atomic E-state index is 0.259. The van der Waals surface area contributed by atoms with Crippen LogP contribution in [0.3, 0.4) is 0 Å². The van der Waals surface area contributed by atoms with Gasteiger partial charge in [0.2, 0.25) is 5.91 Å². The molecule has 1 saturated heterocycles. The van der Waals surface area contributed by atoms with Gasteiger partial charge in [-0.1, -0.05) is 36.4 Å². The molecule has 0 saturated carbocycles. The molecule has 3 rings (SSSR count). The second-order valence-corrected chi connectivity index (χ2v) is 6.79. The van der Waals surface area contributed by atoms with Crippen LogP contribution >= 0.6 is 11.3 Å². The van der Waals surface area contributed by atoms with Crippen LogP contribution in [0.15, 0.2) is 47.8 Å². The van der Waals surface area contributed by atoms with E-state index in [9.17, 15) is 4.79 Å². The molecule has 1 unspecified atom stereocenters. The molecule has 0 aliphatic carbocycles. The number of nitrogens with zero attached hydrogens (tertiary/aromatic N) is 2. The standard InChI is InChI=1S/C18H22N2OS/c1-15(16-6-3-2-4-7-16)19-9-11-20(12-10-19)18(21)14-17-8-5-13-22-17/h2-8,13,15H,9-12,14H2,1H3. The number of hydrogen-bond donors (Lipinski definition) is 0. The summed E-state index contributed by atoms with van der Waals surface area (Å²) in [6.45, 7) is 5.82. The summed E-state index contributed by atoms with van der Waals surface area (Å²) < 4.78 is 0. The highest BCUT2D eigenvalue weighted by molar-refractivity contribution is 7.10. The van der Waals surface area contributed by atoms with Crippen LogP contribution in [-0.2, 0) is 11.2 Å². The zero-order valence-electron chi connectivity index (χ0n) is 12.9. The Kier molecular flexibility index (Phi) is 4.90. The number of benzene rings is 1. The predicted molar refractivity (Wildman–Crippen MR) is 91.0 cm³/mol. The van der Waals surface area contributed by atoms with E-state index in [1.165, 1.54) is 5.56 Å². The molecule has 0 bridgehead atoms. The third-order valence-electron chi connectivity index (χ3n) is 4.40. The van der Waals surface area contributed by atoms with E-state index in [0.29, 0.717) is 12.5 Å². The van der Waals surface area contributed by atoms with Crippen LogP contribution in [0.1, 0.15) is 23.4 Å². The minimum Gasteiger partial charge on any atom is -0.340 e. The van der Waals surface area contributed by atoms with Crippen molar-refractivity contribution in [1.29, 1.82) is 0 Å². The first-order valence-electron chi connectivity index (χ1n) is 7.83. The molecule has 1 fully saturated rings. The van der Waals surface area contributed by atoms with Crippen LogP contribution in [0.4, 0.5) is 0 Å². The second-order valence-electron chi connectivity index (χ2n) is 5.76. The maximum Gasteiger partial charge on any atom is 0.227 e. The number of carbonyl (C=O) groups is 1. The van der Waals surface area contributed by atoms with Crippen LogP contribution in [0, 0.1) is 0 Å². The molecule has 1 amide bonds. The molecule has 1 aliphatic rings. The van der Waals surface area contributed by atoms with Crippen molar-refractivity contribution in [2.45, 2.75) is 19.4 Å². The molecule has 2 aromatic rings. The number of carbonyl (C=O) groups excluding carboxylic acids is 1.